The second-order valence-corrected chi connectivity index (χ2v) is 7.33. The van der Waals surface area contributed by atoms with Gasteiger partial charge in [0.25, 0.3) is 0 Å². The predicted octanol–water partition coefficient (Wildman–Crippen LogP) is 1.01. The zero-order valence-corrected chi connectivity index (χ0v) is 14.6. The van der Waals surface area contributed by atoms with Gasteiger partial charge >= 0.3 is 0 Å². The summed E-state index contributed by atoms with van der Waals surface area (Å²) in [6, 6.07) is 2.17. The quantitative estimate of drug-likeness (QED) is 0.762. The second-order valence-electron chi connectivity index (χ2n) is 7.33. The van der Waals surface area contributed by atoms with Gasteiger partial charge in [0.05, 0.1) is 12.1 Å². The van der Waals surface area contributed by atoms with Crippen molar-refractivity contribution in [1.29, 1.82) is 0 Å². The number of aliphatic hydroxyl groups excluding tert-OH is 1. The van der Waals surface area contributed by atoms with Gasteiger partial charge in [0.1, 0.15) is 18.0 Å². The lowest BCUT2D eigenvalue weighted by atomic mass is 9.77. The summed E-state index contributed by atoms with van der Waals surface area (Å²) in [7, 11) is 0. The number of rotatable bonds is 4. The molecule has 7 heteroatoms. The van der Waals surface area contributed by atoms with Crippen LogP contribution in [0.2, 0.25) is 0 Å². The Morgan fingerprint density at radius 3 is 2.67 bits per heavy atom. The highest BCUT2D eigenvalue weighted by Crippen LogP contribution is 2.38. The van der Waals surface area contributed by atoms with E-state index in [1.807, 2.05) is 6.07 Å². The highest BCUT2D eigenvalue weighted by atomic mass is 16.3. The molecule has 2 fully saturated rings. The third kappa shape index (κ3) is 3.77. The van der Waals surface area contributed by atoms with Crippen molar-refractivity contribution >= 4 is 17.5 Å². The van der Waals surface area contributed by atoms with E-state index in [9.17, 15) is 9.90 Å². The fraction of sp³-hybridized carbons (Fsp3) is 0.706. The zero-order valence-electron chi connectivity index (χ0n) is 14.6. The standard InChI is InChI=1S/C17H27N5O2/c1-10(2)20-16-6-17(19-9-18-16)22-7-12-4-14(21-11(3)23)15(24)5-13(12)8-22/h6,9-10,12-15,24H,4-5,7-8H2,1-3H3,(H,21,23)(H,18,19,20)/t12-,13+,14-,15-/m1/s1. The molecular formula is C17H27N5O2. The Kier molecular flexibility index (Phi) is 4.89. The topological polar surface area (TPSA) is 90.4 Å². The first-order chi connectivity index (χ1) is 11.4. The smallest absolute Gasteiger partial charge is 0.217 e. The maximum atomic E-state index is 11.3. The van der Waals surface area contributed by atoms with E-state index in [4.69, 9.17) is 0 Å². The van der Waals surface area contributed by atoms with E-state index in [0.717, 1.165) is 37.6 Å². The first kappa shape index (κ1) is 17.0. The number of nitrogens with one attached hydrogen (secondary N) is 2. The first-order valence-electron chi connectivity index (χ1n) is 8.71. The number of aliphatic hydroxyl groups is 1. The van der Waals surface area contributed by atoms with Gasteiger partial charge in [-0.2, -0.15) is 0 Å². The van der Waals surface area contributed by atoms with Crippen LogP contribution in [-0.4, -0.2) is 52.3 Å². The molecule has 24 heavy (non-hydrogen) atoms. The van der Waals surface area contributed by atoms with E-state index in [0.29, 0.717) is 17.9 Å². The number of carbonyl (C=O) groups is 1. The van der Waals surface area contributed by atoms with Crippen LogP contribution in [0.15, 0.2) is 12.4 Å². The number of hydrogen-bond acceptors (Lipinski definition) is 6. The van der Waals surface area contributed by atoms with E-state index in [1.165, 1.54) is 6.92 Å². The lowest BCUT2D eigenvalue weighted by Crippen LogP contribution is -2.48. The summed E-state index contributed by atoms with van der Waals surface area (Å²) >= 11 is 0. The SMILES string of the molecule is CC(=O)N[C@@H]1C[C@@H]2CN(c3cc(NC(C)C)ncn3)C[C@@H]2C[C@H]1O. The molecular weight excluding hydrogens is 306 g/mol. The Balaban J connectivity index is 1.68. The number of amides is 1. The first-order valence-corrected chi connectivity index (χ1v) is 8.71. The monoisotopic (exact) mass is 333 g/mol. The van der Waals surface area contributed by atoms with Crippen LogP contribution in [0.4, 0.5) is 11.6 Å². The van der Waals surface area contributed by atoms with Crippen LogP contribution in [0.25, 0.3) is 0 Å². The average molecular weight is 333 g/mol. The third-order valence-corrected chi connectivity index (χ3v) is 4.94. The number of hydrogen-bond donors (Lipinski definition) is 3. The number of aromatic nitrogens is 2. The minimum atomic E-state index is -0.460. The molecule has 0 unspecified atom stereocenters. The fourth-order valence-corrected chi connectivity index (χ4v) is 3.93. The van der Waals surface area contributed by atoms with Crippen LogP contribution in [0.5, 0.6) is 0 Å². The lowest BCUT2D eigenvalue weighted by molar-refractivity contribution is -0.121. The van der Waals surface area contributed by atoms with Crippen molar-refractivity contribution in [3.05, 3.63) is 12.4 Å². The van der Waals surface area contributed by atoms with Crippen LogP contribution in [0.1, 0.15) is 33.6 Å². The largest absolute Gasteiger partial charge is 0.391 e. The minimum absolute atomic E-state index is 0.0763. The van der Waals surface area contributed by atoms with Crippen LogP contribution >= 0.6 is 0 Å². The van der Waals surface area contributed by atoms with E-state index in [1.54, 1.807) is 6.33 Å². The molecule has 1 saturated heterocycles. The van der Waals surface area contributed by atoms with Crippen molar-refractivity contribution in [2.24, 2.45) is 11.8 Å². The number of carbonyl (C=O) groups excluding carboxylic acids is 1. The molecule has 1 aromatic heterocycles. The number of anilines is 2. The van der Waals surface area contributed by atoms with Gasteiger partial charge < -0.3 is 20.6 Å². The molecule has 0 spiro atoms. The summed E-state index contributed by atoms with van der Waals surface area (Å²) in [5.74, 6) is 2.60. The van der Waals surface area contributed by atoms with Crippen molar-refractivity contribution < 1.29 is 9.90 Å². The Hall–Kier alpha value is -1.89. The number of fused-ring (bicyclic) bond motifs is 1. The molecule has 2 aliphatic rings. The molecule has 1 aliphatic carbocycles. The molecule has 0 radical (unpaired) electrons. The molecule has 3 rings (SSSR count). The Labute approximate surface area is 142 Å². The summed E-state index contributed by atoms with van der Waals surface area (Å²) in [6.45, 7) is 7.47. The van der Waals surface area contributed by atoms with Crippen molar-refractivity contribution in [3.63, 3.8) is 0 Å². The Morgan fingerprint density at radius 2 is 2.00 bits per heavy atom. The second kappa shape index (κ2) is 6.93. The van der Waals surface area contributed by atoms with E-state index >= 15 is 0 Å². The molecule has 1 aromatic rings. The summed E-state index contributed by atoms with van der Waals surface area (Å²) in [5, 5.41) is 16.5. The van der Waals surface area contributed by atoms with Crippen molar-refractivity contribution in [2.75, 3.05) is 23.3 Å². The average Bonchev–Trinajstić information content (AvgIpc) is 2.89. The van der Waals surface area contributed by atoms with Crippen molar-refractivity contribution in [3.8, 4) is 0 Å². The normalized spacial score (nSPS) is 29.5. The molecule has 0 bridgehead atoms. The van der Waals surface area contributed by atoms with Crippen LogP contribution in [0.3, 0.4) is 0 Å². The van der Waals surface area contributed by atoms with E-state index in [-0.39, 0.29) is 11.9 Å². The van der Waals surface area contributed by atoms with Gasteiger partial charge in [-0.1, -0.05) is 0 Å². The zero-order chi connectivity index (χ0) is 17.3. The molecule has 0 aromatic carbocycles. The van der Waals surface area contributed by atoms with Crippen LogP contribution in [0, 0.1) is 11.8 Å². The molecule has 1 saturated carbocycles. The molecule has 7 nitrogen and oxygen atoms in total. The summed E-state index contributed by atoms with van der Waals surface area (Å²) in [4.78, 5) is 22.3. The minimum Gasteiger partial charge on any atom is -0.391 e. The Bertz CT molecular complexity index is 594. The summed E-state index contributed by atoms with van der Waals surface area (Å²) in [6.07, 6.45) is 2.69. The molecule has 4 atom stereocenters. The predicted molar refractivity (Wildman–Crippen MR) is 92.8 cm³/mol. The number of nitrogens with zero attached hydrogens (tertiary/aromatic N) is 3. The molecule has 132 valence electrons. The van der Waals surface area contributed by atoms with Gasteiger partial charge in [-0.3, -0.25) is 4.79 Å². The molecule has 3 N–H and O–H groups in total. The van der Waals surface area contributed by atoms with E-state index in [2.05, 4.69) is 39.3 Å². The highest BCUT2D eigenvalue weighted by Gasteiger charge is 2.42. The van der Waals surface area contributed by atoms with Gasteiger partial charge in [0.2, 0.25) is 5.91 Å². The van der Waals surface area contributed by atoms with Crippen LogP contribution in [-0.2, 0) is 4.79 Å². The van der Waals surface area contributed by atoms with Gasteiger partial charge in [0, 0.05) is 32.1 Å². The van der Waals surface area contributed by atoms with Gasteiger partial charge in [-0.05, 0) is 38.5 Å². The van der Waals surface area contributed by atoms with Crippen molar-refractivity contribution in [1.82, 2.24) is 15.3 Å². The van der Waals surface area contributed by atoms with Crippen molar-refractivity contribution in [2.45, 2.75) is 51.8 Å². The van der Waals surface area contributed by atoms with Crippen LogP contribution < -0.4 is 15.5 Å². The maximum Gasteiger partial charge on any atom is 0.217 e. The van der Waals surface area contributed by atoms with Gasteiger partial charge in [-0.15, -0.1) is 0 Å². The highest BCUT2D eigenvalue weighted by molar-refractivity contribution is 5.73. The van der Waals surface area contributed by atoms with E-state index < -0.39 is 6.10 Å². The van der Waals surface area contributed by atoms with Gasteiger partial charge in [0.15, 0.2) is 0 Å². The maximum absolute atomic E-state index is 11.3. The third-order valence-electron chi connectivity index (χ3n) is 4.94. The Morgan fingerprint density at radius 1 is 1.29 bits per heavy atom. The summed E-state index contributed by atoms with van der Waals surface area (Å²) in [5.41, 5.74) is 0. The molecule has 1 aliphatic heterocycles. The lowest BCUT2D eigenvalue weighted by Gasteiger charge is -2.35. The molecule has 2 heterocycles. The molecule has 1 amide bonds. The fourth-order valence-electron chi connectivity index (χ4n) is 3.93. The van der Waals surface area contributed by atoms with Gasteiger partial charge in [-0.25, -0.2) is 9.97 Å². The summed E-state index contributed by atoms with van der Waals surface area (Å²) < 4.78 is 0.